The van der Waals surface area contributed by atoms with Crippen LogP contribution in [0.3, 0.4) is 0 Å². The zero-order chi connectivity index (χ0) is 17.8. The van der Waals surface area contributed by atoms with Crippen LogP contribution in [-0.4, -0.2) is 45.3 Å². The lowest BCUT2D eigenvalue weighted by Gasteiger charge is -2.19. The van der Waals surface area contributed by atoms with Crippen molar-refractivity contribution in [1.29, 1.82) is 0 Å². The maximum Gasteiger partial charge on any atom is 0.0721 e. The molecule has 1 rings (SSSR count). The first-order valence-corrected chi connectivity index (χ1v) is 9.58. The van der Waals surface area contributed by atoms with Crippen molar-refractivity contribution in [2.75, 3.05) is 6.61 Å². The number of rotatable bonds is 12. The van der Waals surface area contributed by atoms with E-state index in [0.717, 1.165) is 51.4 Å². The van der Waals surface area contributed by atoms with Crippen molar-refractivity contribution >= 4 is 0 Å². The van der Waals surface area contributed by atoms with E-state index in [4.69, 9.17) is 5.11 Å². The molecule has 4 nitrogen and oxygen atoms in total. The highest BCUT2D eigenvalue weighted by Gasteiger charge is 2.39. The number of hydrogen-bond donors (Lipinski definition) is 4. The summed E-state index contributed by atoms with van der Waals surface area (Å²) in [6, 6.07) is 0. The molecule has 0 aromatic carbocycles. The summed E-state index contributed by atoms with van der Waals surface area (Å²) >= 11 is 0. The predicted molar refractivity (Wildman–Crippen MR) is 97.6 cm³/mol. The number of allylic oxidation sites excluding steroid dienone is 2. The number of aliphatic hydroxyl groups is 4. The minimum Gasteiger partial charge on any atom is -0.396 e. The lowest BCUT2D eigenvalue weighted by Crippen LogP contribution is -2.20. The summed E-state index contributed by atoms with van der Waals surface area (Å²) in [4.78, 5) is 0. The molecular weight excluding hydrogens is 304 g/mol. The highest BCUT2D eigenvalue weighted by molar-refractivity contribution is 5.06. The van der Waals surface area contributed by atoms with Gasteiger partial charge >= 0.3 is 0 Å². The average molecular weight is 341 g/mol. The maximum absolute atomic E-state index is 10.2. The van der Waals surface area contributed by atoms with Crippen LogP contribution >= 0.6 is 0 Å². The molecule has 4 N–H and O–H groups in total. The van der Waals surface area contributed by atoms with E-state index in [-0.39, 0.29) is 18.4 Å². The molecule has 0 aromatic rings. The van der Waals surface area contributed by atoms with Crippen LogP contribution < -0.4 is 0 Å². The molecule has 1 aliphatic rings. The summed E-state index contributed by atoms with van der Waals surface area (Å²) in [5.74, 6) is -0.0869. The van der Waals surface area contributed by atoms with Gasteiger partial charge in [-0.3, -0.25) is 0 Å². The molecule has 0 bridgehead atoms. The first-order valence-electron chi connectivity index (χ1n) is 9.58. The third-order valence-corrected chi connectivity index (χ3v) is 4.93. The van der Waals surface area contributed by atoms with Crippen LogP contribution in [0.1, 0.15) is 64.7 Å². The van der Waals surface area contributed by atoms with Crippen LogP contribution in [0.2, 0.25) is 0 Å². The molecule has 0 unspecified atom stereocenters. The topological polar surface area (TPSA) is 80.9 Å². The summed E-state index contributed by atoms with van der Waals surface area (Å²) < 4.78 is 0. The van der Waals surface area contributed by atoms with E-state index in [1.165, 1.54) is 0 Å². The molecular formula is C20H36O4. The molecule has 24 heavy (non-hydrogen) atoms. The monoisotopic (exact) mass is 340 g/mol. The SMILES string of the molecule is CCCCC[C@H](O)C=C[C@@H]1[C@@H](C/C=C/CCCCO)[C@@H](O)C[C@H]1O. The lowest BCUT2D eigenvalue weighted by atomic mass is 9.89. The second-order valence-electron chi connectivity index (χ2n) is 6.99. The number of aliphatic hydroxyl groups excluding tert-OH is 4. The van der Waals surface area contributed by atoms with Crippen LogP contribution in [0.25, 0.3) is 0 Å². The predicted octanol–water partition coefficient (Wildman–Crippen LogP) is 2.95. The van der Waals surface area contributed by atoms with Gasteiger partial charge in [-0.25, -0.2) is 0 Å². The second kappa shape index (κ2) is 12.6. The Hall–Kier alpha value is -0.680. The fourth-order valence-electron chi connectivity index (χ4n) is 3.41. The summed E-state index contributed by atoms with van der Waals surface area (Å²) in [6.07, 6.45) is 14.3. The maximum atomic E-state index is 10.2. The lowest BCUT2D eigenvalue weighted by molar-refractivity contribution is 0.120. The first-order chi connectivity index (χ1) is 11.6. The van der Waals surface area contributed by atoms with Gasteiger partial charge in [0.1, 0.15) is 0 Å². The molecule has 140 valence electrons. The van der Waals surface area contributed by atoms with Crippen molar-refractivity contribution in [1.82, 2.24) is 0 Å². The van der Waals surface area contributed by atoms with E-state index in [1.54, 1.807) is 6.08 Å². The molecule has 0 spiro atoms. The summed E-state index contributed by atoms with van der Waals surface area (Å²) in [5.41, 5.74) is 0. The number of hydrogen-bond acceptors (Lipinski definition) is 4. The second-order valence-corrected chi connectivity index (χ2v) is 6.99. The Morgan fingerprint density at radius 1 is 1.04 bits per heavy atom. The largest absolute Gasteiger partial charge is 0.396 e. The van der Waals surface area contributed by atoms with Gasteiger partial charge in [-0.2, -0.15) is 0 Å². The number of unbranched alkanes of at least 4 members (excludes halogenated alkanes) is 4. The Kier molecular flexibility index (Phi) is 11.3. The third-order valence-electron chi connectivity index (χ3n) is 4.93. The van der Waals surface area contributed by atoms with Crippen molar-refractivity contribution in [2.24, 2.45) is 11.8 Å². The minimum absolute atomic E-state index is 0.00758. The normalized spacial score (nSPS) is 29.0. The van der Waals surface area contributed by atoms with Crippen molar-refractivity contribution in [3.8, 4) is 0 Å². The Balaban J connectivity index is 2.46. The Morgan fingerprint density at radius 3 is 2.54 bits per heavy atom. The molecule has 5 atom stereocenters. The fraction of sp³-hybridized carbons (Fsp3) is 0.800. The van der Waals surface area contributed by atoms with Gasteiger partial charge in [-0.1, -0.05) is 50.5 Å². The summed E-state index contributed by atoms with van der Waals surface area (Å²) in [5, 5.41) is 39.1. The summed E-state index contributed by atoms with van der Waals surface area (Å²) in [6.45, 7) is 2.37. The fourth-order valence-corrected chi connectivity index (χ4v) is 3.41. The molecule has 0 heterocycles. The third kappa shape index (κ3) is 7.93. The molecule has 1 fully saturated rings. The summed E-state index contributed by atoms with van der Waals surface area (Å²) in [7, 11) is 0. The van der Waals surface area contributed by atoms with Crippen LogP contribution in [0.15, 0.2) is 24.3 Å². The van der Waals surface area contributed by atoms with Crippen LogP contribution in [0.4, 0.5) is 0 Å². The Morgan fingerprint density at radius 2 is 1.83 bits per heavy atom. The highest BCUT2D eigenvalue weighted by atomic mass is 16.3. The van der Waals surface area contributed by atoms with Gasteiger partial charge in [-0.05, 0) is 38.0 Å². The van der Waals surface area contributed by atoms with Gasteiger partial charge in [0.05, 0.1) is 18.3 Å². The van der Waals surface area contributed by atoms with E-state index < -0.39 is 18.3 Å². The Bertz CT molecular complexity index is 367. The van der Waals surface area contributed by atoms with Gasteiger partial charge in [0.25, 0.3) is 0 Å². The van der Waals surface area contributed by atoms with Gasteiger partial charge in [-0.15, -0.1) is 0 Å². The van der Waals surface area contributed by atoms with E-state index in [1.807, 2.05) is 6.08 Å². The zero-order valence-corrected chi connectivity index (χ0v) is 15.1. The van der Waals surface area contributed by atoms with Gasteiger partial charge in [0.15, 0.2) is 0 Å². The van der Waals surface area contributed by atoms with E-state index in [9.17, 15) is 15.3 Å². The van der Waals surface area contributed by atoms with E-state index >= 15 is 0 Å². The van der Waals surface area contributed by atoms with Gasteiger partial charge in [0.2, 0.25) is 0 Å². The molecule has 4 heteroatoms. The first kappa shape index (κ1) is 21.4. The molecule has 1 saturated carbocycles. The van der Waals surface area contributed by atoms with Gasteiger partial charge in [0, 0.05) is 18.9 Å². The van der Waals surface area contributed by atoms with Crippen molar-refractivity contribution in [3.63, 3.8) is 0 Å². The average Bonchev–Trinajstić information content (AvgIpc) is 2.82. The molecule has 0 radical (unpaired) electrons. The van der Waals surface area contributed by atoms with Crippen LogP contribution in [-0.2, 0) is 0 Å². The van der Waals surface area contributed by atoms with Crippen molar-refractivity contribution < 1.29 is 20.4 Å². The van der Waals surface area contributed by atoms with Crippen molar-refractivity contribution in [3.05, 3.63) is 24.3 Å². The molecule has 0 aromatic heterocycles. The van der Waals surface area contributed by atoms with Crippen LogP contribution in [0, 0.1) is 11.8 Å². The van der Waals surface area contributed by atoms with E-state index in [2.05, 4.69) is 19.1 Å². The van der Waals surface area contributed by atoms with Crippen LogP contribution in [0.5, 0.6) is 0 Å². The highest BCUT2D eigenvalue weighted by Crippen LogP contribution is 2.36. The standard InChI is InChI=1S/C20H36O4/c1-2-3-7-10-16(22)12-13-18-17(19(23)15-20(18)24)11-8-5-4-6-9-14-21/h5,8,12-13,16-24H,2-4,6-7,9-11,14-15H2,1H3/b8-5+,13-12?/t16-,17+,18+,19-,20+/m0/s1. The minimum atomic E-state index is -0.535. The zero-order valence-electron chi connectivity index (χ0n) is 15.1. The smallest absolute Gasteiger partial charge is 0.0721 e. The molecule has 1 aliphatic carbocycles. The van der Waals surface area contributed by atoms with E-state index in [0.29, 0.717) is 6.42 Å². The van der Waals surface area contributed by atoms with Gasteiger partial charge < -0.3 is 20.4 Å². The molecule has 0 aliphatic heterocycles. The van der Waals surface area contributed by atoms with Crippen molar-refractivity contribution in [2.45, 2.75) is 83.0 Å². The molecule has 0 amide bonds. The Labute approximate surface area is 146 Å². The quantitative estimate of drug-likeness (QED) is 0.325. The molecule has 0 saturated heterocycles.